The molecule has 5 aromatic rings. The van der Waals surface area contributed by atoms with E-state index >= 15 is 0 Å². The Kier molecular flexibility index (Phi) is 6.88. The number of hydrogen-bond acceptors (Lipinski definition) is 5. The van der Waals surface area contributed by atoms with Crippen LogP contribution < -0.4 is 4.90 Å². The van der Waals surface area contributed by atoms with E-state index in [-0.39, 0.29) is 11.7 Å². The number of pyridine rings is 1. The Balaban J connectivity index is 1.48. The van der Waals surface area contributed by atoms with Crippen LogP contribution in [0.3, 0.4) is 0 Å². The summed E-state index contributed by atoms with van der Waals surface area (Å²) in [4.78, 5) is 19.4. The lowest BCUT2D eigenvalue weighted by Crippen LogP contribution is -2.27. The van der Waals surface area contributed by atoms with Gasteiger partial charge in [0.15, 0.2) is 11.0 Å². The van der Waals surface area contributed by atoms with Gasteiger partial charge in [-0.15, -0.1) is 10.2 Å². The number of carbonyl (C=O) groups excluding carboxylic acids is 1. The molecule has 0 aliphatic rings. The van der Waals surface area contributed by atoms with Crippen LogP contribution in [0.1, 0.15) is 0 Å². The molecular weight excluding hydrogens is 478 g/mol. The van der Waals surface area contributed by atoms with Gasteiger partial charge in [0.2, 0.25) is 5.91 Å². The van der Waals surface area contributed by atoms with Crippen molar-refractivity contribution in [2.24, 2.45) is 0 Å². The Hall–Kier alpha value is -3.94. The van der Waals surface area contributed by atoms with Crippen LogP contribution >= 0.6 is 23.4 Å². The number of thioether (sulfide) groups is 1. The van der Waals surface area contributed by atoms with Gasteiger partial charge in [0.25, 0.3) is 0 Å². The van der Waals surface area contributed by atoms with Crippen molar-refractivity contribution in [2.45, 2.75) is 5.16 Å². The lowest BCUT2D eigenvalue weighted by atomic mass is 10.2. The molecule has 0 saturated carbocycles. The molecule has 1 amide bonds. The molecule has 0 N–H and O–H groups in total. The van der Waals surface area contributed by atoms with Crippen molar-refractivity contribution >= 4 is 40.6 Å². The molecule has 0 unspecified atom stereocenters. The average Bonchev–Trinajstić information content (AvgIpc) is 3.33. The van der Waals surface area contributed by atoms with Crippen molar-refractivity contribution in [3.8, 4) is 17.1 Å². The van der Waals surface area contributed by atoms with E-state index < -0.39 is 0 Å². The van der Waals surface area contributed by atoms with E-state index in [9.17, 15) is 4.79 Å². The first-order chi connectivity index (χ1) is 17.2. The smallest absolute Gasteiger partial charge is 0.242 e. The van der Waals surface area contributed by atoms with Gasteiger partial charge in [0.1, 0.15) is 0 Å². The summed E-state index contributed by atoms with van der Waals surface area (Å²) in [6, 6.07) is 30.4. The first-order valence-electron chi connectivity index (χ1n) is 10.9. The number of rotatable bonds is 7. The van der Waals surface area contributed by atoms with E-state index in [1.807, 2.05) is 102 Å². The van der Waals surface area contributed by atoms with Crippen LogP contribution in [-0.4, -0.2) is 31.4 Å². The highest BCUT2D eigenvalue weighted by atomic mass is 35.5. The molecule has 0 radical (unpaired) electrons. The molecule has 0 spiro atoms. The Morgan fingerprint density at radius 2 is 1.57 bits per heavy atom. The van der Waals surface area contributed by atoms with E-state index in [1.165, 1.54) is 11.8 Å². The van der Waals surface area contributed by atoms with Crippen LogP contribution in [0, 0.1) is 0 Å². The largest absolute Gasteiger partial charge is 0.280 e. The lowest BCUT2D eigenvalue weighted by Gasteiger charge is -2.23. The zero-order valence-electron chi connectivity index (χ0n) is 18.5. The maximum Gasteiger partial charge on any atom is 0.242 e. The highest BCUT2D eigenvalue weighted by Crippen LogP contribution is 2.31. The Bertz CT molecular complexity index is 1390. The second-order valence-electron chi connectivity index (χ2n) is 7.55. The van der Waals surface area contributed by atoms with Crippen molar-refractivity contribution < 1.29 is 4.79 Å². The van der Waals surface area contributed by atoms with Crippen LogP contribution in [-0.2, 0) is 4.79 Å². The predicted octanol–water partition coefficient (Wildman–Crippen LogP) is 6.44. The van der Waals surface area contributed by atoms with E-state index in [2.05, 4.69) is 15.2 Å². The van der Waals surface area contributed by atoms with Gasteiger partial charge >= 0.3 is 0 Å². The fraction of sp³-hybridized carbons (Fsp3) is 0.0370. The van der Waals surface area contributed by atoms with E-state index in [0.29, 0.717) is 16.0 Å². The molecule has 3 aromatic carbocycles. The number of para-hydroxylation sites is 2. The Morgan fingerprint density at radius 3 is 2.20 bits per heavy atom. The Morgan fingerprint density at radius 1 is 0.857 bits per heavy atom. The van der Waals surface area contributed by atoms with Crippen molar-refractivity contribution in [3.05, 3.63) is 114 Å². The number of hydrogen-bond donors (Lipinski definition) is 0. The highest BCUT2D eigenvalue weighted by molar-refractivity contribution is 7.99. The fourth-order valence-corrected chi connectivity index (χ4v) is 4.66. The van der Waals surface area contributed by atoms with E-state index in [4.69, 9.17) is 11.6 Å². The van der Waals surface area contributed by atoms with Gasteiger partial charge in [-0.05, 0) is 54.6 Å². The molecule has 0 atom stereocenters. The Labute approximate surface area is 212 Å². The summed E-state index contributed by atoms with van der Waals surface area (Å²) >= 11 is 7.61. The SMILES string of the molecule is O=C(CSc1nnc(-c2cccnc2)n1-c1cccc(Cl)c1)N(c1ccccc1)c1ccccc1. The molecule has 0 aliphatic carbocycles. The molecule has 6 nitrogen and oxygen atoms in total. The summed E-state index contributed by atoms with van der Waals surface area (Å²) in [7, 11) is 0. The summed E-state index contributed by atoms with van der Waals surface area (Å²) in [5.74, 6) is 0.712. The maximum absolute atomic E-state index is 13.5. The molecule has 35 heavy (non-hydrogen) atoms. The summed E-state index contributed by atoms with van der Waals surface area (Å²) < 4.78 is 1.90. The summed E-state index contributed by atoms with van der Waals surface area (Å²) in [6.07, 6.45) is 3.44. The third-order valence-corrected chi connectivity index (χ3v) is 6.37. The molecule has 0 aliphatic heterocycles. The maximum atomic E-state index is 13.5. The zero-order chi connectivity index (χ0) is 24.0. The minimum atomic E-state index is -0.0732. The van der Waals surface area contributed by atoms with Gasteiger partial charge in [-0.25, -0.2) is 0 Å². The quantitative estimate of drug-likeness (QED) is 0.242. The number of nitrogens with zero attached hydrogens (tertiary/aromatic N) is 5. The lowest BCUT2D eigenvalue weighted by molar-refractivity contribution is -0.115. The first-order valence-corrected chi connectivity index (χ1v) is 12.2. The van der Waals surface area contributed by atoms with Gasteiger partial charge in [0, 0.05) is 34.4 Å². The molecule has 8 heteroatoms. The van der Waals surface area contributed by atoms with Gasteiger partial charge in [-0.2, -0.15) is 0 Å². The third-order valence-electron chi connectivity index (χ3n) is 5.22. The van der Waals surface area contributed by atoms with Gasteiger partial charge in [0.05, 0.1) is 11.4 Å². The summed E-state index contributed by atoms with van der Waals surface area (Å²) in [5.41, 5.74) is 3.22. The number of aromatic nitrogens is 4. The summed E-state index contributed by atoms with van der Waals surface area (Å²) in [6.45, 7) is 0. The van der Waals surface area contributed by atoms with Crippen LogP contribution in [0.15, 0.2) is 115 Å². The van der Waals surface area contributed by atoms with Gasteiger partial charge in [-0.3, -0.25) is 19.2 Å². The van der Waals surface area contributed by atoms with Crippen molar-refractivity contribution in [2.75, 3.05) is 10.7 Å². The van der Waals surface area contributed by atoms with Crippen LogP contribution in [0.5, 0.6) is 0 Å². The molecular formula is C27H20ClN5OS. The predicted molar refractivity (Wildman–Crippen MR) is 140 cm³/mol. The van der Waals surface area contributed by atoms with Crippen LogP contribution in [0.25, 0.3) is 17.1 Å². The monoisotopic (exact) mass is 497 g/mol. The standard InChI is InChI=1S/C27H20ClN5OS/c28-21-10-7-15-24(17-21)33-26(20-9-8-16-29-18-20)30-31-27(33)35-19-25(34)32(22-11-3-1-4-12-22)23-13-5-2-6-14-23/h1-18H,19H2. The molecule has 5 rings (SSSR count). The molecule has 172 valence electrons. The number of benzene rings is 3. The average molecular weight is 498 g/mol. The normalized spacial score (nSPS) is 10.8. The van der Waals surface area contributed by atoms with Crippen molar-refractivity contribution in [1.29, 1.82) is 0 Å². The minimum Gasteiger partial charge on any atom is -0.280 e. The first kappa shape index (κ1) is 22.8. The molecule has 2 aromatic heterocycles. The second-order valence-corrected chi connectivity index (χ2v) is 8.93. The van der Waals surface area contributed by atoms with Gasteiger partial charge in [-0.1, -0.05) is 65.8 Å². The third kappa shape index (κ3) is 5.11. The molecule has 0 saturated heterocycles. The minimum absolute atomic E-state index is 0.0732. The second kappa shape index (κ2) is 10.5. The van der Waals surface area contributed by atoms with Crippen molar-refractivity contribution in [3.63, 3.8) is 0 Å². The number of amides is 1. The number of halogens is 1. The summed E-state index contributed by atoms with van der Waals surface area (Å²) in [5, 5.41) is 10.0. The van der Waals surface area contributed by atoms with Crippen LogP contribution in [0.2, 0.25) is 5.02 Å². The van der Waals surface area contributed by atoms with Crippen LogP contribution in [0.4, 0.5) is 11.4 Å². The van der Waals surface area contributed by atoms with Gasteiger partial charge < -0.3 is 0 Å². The van der Waals surface area contributed by atoms with Crippen molar-refractivity contribution in [1.82, 2.24) is 19.7 Å². The highest BCUT2D eigenvalue weighted by Gasteiger charge is 2.21. The molecule has 2 heterocycles. The van der Waals surface area contributed by atoms with E-state index in [1.54, 1.807) is 17.3 Å². The number of anilines is 2. The molecule has 0 bridgehead atoms. The van der Waals surface area contributed by atoms with E-state index in [0.717, 1.165) is 22.6 Å². The zero-order valence-corrected chi connectivity index (χ0v) is 20.1. The fourth-order valence-electron chi connectivity index (χ4n) is 3.68. The molecule has 0 fully saturated rings. The topological polar surface area (TPSA) is 63.9 Å². The number of carbonyl (C=O) groups is 1.